The quantitative estimate of drug-likeness (QED) is 0.437. The molecule has 1 rings (SSSR count). The SMILES string of the molecule is C.CC(CC(=O)O)C(=O)O.CC1CC(=O)OC1=O.[B]. The van der Waals surface area contributed by atoms with Gasteiger partial charge in [-0.15, -0.1) is 0 Å². The molecule has 3 radical (unpaired) electrons. The standard InChI is InChI=1S/C5H8O4.C5H6O3.CH4.B/c1-3(5(8)9)2-4(6)7;1-3-2-4(6)8-5(3)7;;/h3H,2H2,1H3,(H,6,7)(H,8,9);3H,2H2,1H3;1H4;. The van der Waals surface area contributed by atoms with Crippen LogP contribution in [0.3, 0.4) is 0 Å². The monoisotopic (exact) mass is 273 g/mol. The lowest BCUT2D eigenvalue weighted by Gasteiger charge is -1.98. The first-order valence-electron chi connectivity index (χ1n) is 4.93. The molecule has 1 aliphatic rings. The Morgan fingerprint density at radius 3 is 1.95 bits per heavy atom. The molecule has 0 aromatic carbocycles. The fourth-order valence-corrected chi connectivity index (χ4v) is 0.937. The molecule has 1 saturated heterocycles. The van der Waals surface area contributed by atoms with Gasteiger partial charge in [-0.25, -0.2) is 0 Å². The van der Waals surface area contributed by atoms with Crippen molar-refractivity contribution in [2.45, 2.75) is 34.1 Å². The van der Waals surface area contributed by atoms with Gasteiger partial charge in [0, 0.05) is 8.41 Å². The van der Waals surface area contributed by atoms with Gasteiger partial charge < -0.3 is 14.9 Å². The number of hydrogen-bond donors (Lipinski definition) is 2. The first kappa shape index (κ1) is 22.3. The molecular weight excluding hydrogens is 255 g/mol. The lowest BCUT2D eigenvalue weighted by Crippen LogP contribution is -2.13. The number of ether oxygens (including phenoxy) is 1. The van der Waals surface area contributed by atoms with Gasteiger partial charge in [-0.3, -0.25) is 19.2 Å². The first-order valence-corrected chi connectivity index (χ1v) is 4.93. The zero-order valence-electron chi connectivity index (χ0n) is 10.1. The second-order valence-corrected chi connectivity index (χ2v) is 3.74. The Morgan fingerprint density at radius 2 is 1.84 bits per heavy atom. The van der Waals surface area contributed by atoms with E-state index in [1.807, 2.05) is 0 Å². The third-order valence-corrected chi connectivity index (χ3v) is 1.99. The topological polar surface area (TPSA) is 118 Å². The lowest BCUT2D eigenvalue weighted by molar-refractivity contribution is -0.153. The van der Waals surface area contributed by atoms with Gasteiger partial charge >= 0.3 is 23.9 Å². The predicted molar refractivity (Wildman–Crippen MR) is 66.4 cm³/mol. The molecule has 0 spiro atoms. The molecule has 0 bridgehead atoms. The van der Waals surface area contributed by atoms with E-state index < -0.39 is 29.8 Å². The molecule has 0 aliphatic carbocycles. The number of carboxylic acid groups (broad SMARTS) is 2. The summed E-state index contributed by atoms with van der Waals surface area (Å²) in [5.41, 5.74) is 0. The minimum absolute atomic E-state index is 0. The summed E-state index contributed by atoms with van der Waals surface area (Å²) in [4.78, 5) is 40.4. The average molecular weight is 273 g/mol. The van der Waals surface area contributed by atoms with Crippen LogP contribution < -0.4 is 0 Å². The second kappa shape index (κ2) is 10.1. The summed E-state index contributed by atoms with van der Waals surface area (Å²) in [5.74, 6) is -3.95. The van der Waals surface area contributed by atoms with Crippen molar-refractivity contribution in [2.75, 3.05) is 0 Å². The third-order valence-electron chi connectivity index (χ3n) is 1.99. The van der Waals surface area contributed by atoms with Crippen LogP contribution in [-0.2, 0) is 23.9 Å². The van der Waals surface area contributed by atoms with E-state index in [4.69, 9.17) is 10.2 Å². The van der Waals surface area contributed by atoms with Crippen LogP contribution in [0.2, 0.25) is 0 Å². The number of aliphatic carboxylic acids is 2. The second-order valence-electron chi connectivity index (χ2n) is 3.74. The van der Waals surface area contributed by atoms with Gasteiger partial charge in [0.25, 0.3) is 0 Å². The van der Waals surface area contributed by atoms with Crippen molar-refractivity contribution in [3.8, 4) is 0 Å². The van der Waals surface area contributed by atoms with E-state index in [2.05, 4.69) is 4.74 Å². The van der Waals surface area contributed by atoms with Crippen LogP contribution in [0.1, 0.15) is 34.1 Å². The molecule has 2 unspecified atom stereocenters. The molecule has 1 fully saturated rings. The number of carboxylic acids is 2. The summed E-state index contributed by atoms with van der Waals surface area (Å²) >= 11 is 0. The summed E-state index contributed by atoms with van der Waals surface area (Å²) in [6.45, 7) is 3.03. The van der Waals surface area contributed by atoms with Crippen molar-refractivity contribution >= 4 is 32.3 Å². The maximum atomic E-state index is 10.3. The van der Waals surface area contributed by atoms with Crippen molar-refractivity contribution in [2.24, 2.45) is 11.8 Å². The minimum Gasteiger partial charge on any atom is -0.481 e. The molecule has 1 aliphatic heterocycles. The van der Waals surface area contributed by atoms with E-state index in [1.165, 1.54) is 6.92 Å². The van der Waals surface area contributed by atoms with Crippen molar-refractivity contribution in [1.29, 1.82) is 0 Å². The van der Waals surface area contributed by atoms with Crippen LogP contribution >= 0.6 is 0 Å². The fourth-order valence-electron chi connectivity index (χ4n) is 0.937. The van der Waals surface area contributed by atoms with Crippen LogP contribution in [0, 0.1) is 11.8 Å². The van der Waals surface area contributed by atoms with Crippen molar-refractivity contribution in [3.63, 3.8) is 0 Å². The van der Waals surface area contributed by atoms with Crippen LogP contribution in [0.25, 0.3) is 0 Å². The highest BCUT2D eigenvalue weighted by Gasteiger charge is 2.28. The lowest BCUT2D eigenvalue weighted by atomic mass is 10.1. The number of hydrogen-bond acceptors (Lipinski definition) is 5. The predicted octanol–water partition coefficient (Wildman–Crippen LogP) is 0.533. The maximum Gasteiger partial charge on any atom is 0.316 e. The zero-order valence-corrected chi connectivity index (χ0v) is 10.1. The summed E-state index contributed by atoms with van der Waals surface area (Å²) in [6, 6.07) is 0. The normalized spacial score (nSPS) is 17.9. The Bertz CT molecular complexity index is 340. The van der Waals surface area contributed by atoms with Crippen molar-refractivity contribution in [3.05, 3.63) is 0 Å². The van der Waals surface area contributed by atoms with Gasteiger partial charge in [0.2, 0.25) is 0 Å². The summed E-state index contributed by atoms with van der Waals surface area (Å²) < 4.78 is 4.20. The van der Waals surface area contributed by atoms with Crippen LogP contribution in [0.5, 0.6) is 0 Å². The summed E-state index contributed by atoms with van der Waals surface area (Å²) in [5, 5.41) is 16.2. The molecule has 0 aromatic rings. The fraction of sp³-hybridized carbons (Fsp3) is 0.636. The zero-order chi connectivity index (χ0) is 13.6. The minimum atomic E-state index is -1.08. The molecule has 1 heterocycles. The molecule has 2 atom stereocenters. The van der Waals surface area contributed by atoms with E-state index in [0.29, 0.717) is 0 Å². The van der Waals surface area contributed by atoms with Gasteiger partial charge in [0.05, 0.1) is 24.7 Å². The highest BCUT2D eigenvalue weighted by Crippen LogP contribution is 2.13. The molecule has 19 heavy (non-hydrogen) atoms. The van der Waals surface area contributed by atoms with Gasteiger partial charge in [-0.1, -0.05) is 21.3 Å². The maximum absolute atomic E-state index is 10.3. The highest BCUT2D eigenvalue weighted by atomic mass is 16.6. The van der Waals surface area contributed by atoms with Crippen LogP contribution in [0.4, 0.5) is 0 Å². The first-order chi connectivity index (χ1) is 7.73. The van der Waals surface area contributed by atoms with E-state index in [-0.39, 0.29) is 34.6 Å². The van der Waals surface area contributed by atoms with E-state index >= 15 is 0 Å². The van der Waals surface area contributed by atoms with Gasteiger partial charge in [0.1, 0.15) is 0 Å². The van der Waals surface area contributed by atoms with Gasteiger partial charge in [0.15, 0.2) is 0 Å². The Kier molecular flexibility index (Phi) is 11.9. The molecule has 2 N–H and O–H groups in total. The Hall–Kier alpha value is -1.86. The molecular formula is C11H18BO7. The number of carbonyl (C=O) groups is 4. The van der Waals surface area contributed by atoms with E-state index in [9.17, 15) is 19.2 Å². The Labute approximate surface area is 113 Å². The number of carbonyl (C=O) groups excluding carboxylic acids is 2. The van der Waals surface area contributed by atoms with Crippen LogP contribution in [0.15, 0.2) is 0 Å². The molecule has 0 saturated carbocycles. The number of cyclic esters (lactones) is 2. The van der Waals surface area contributed by atoms with E-state index in [1.54, 1.807) is 6.92 Å². The Balaban J connectivity index is -0.000000244. The Morgan fingerprint density at radius 1 is 1.37 bits per heavy atom. The summed E-state index contributed by atoms with van der Waals surface area (Å²) in [6.07, 6.45) is -0.0613. The molecule has 7 nitrogen and oxygen atoms in total. The largest absolute Gasteiger partial charge is 0.481 e. The van der Waals surface area contributed by atoms with E-state index in [0.717, 1.165) is 0 Å². The van der Waals surface area contributed by atoms with Crippen molar-refractivity contribution in [1.82, 2.24) is 0 Å². The molecule has 0 aromatic heterocycles. The van der Waals surface area contributed by atoms with Crippen LogP contribution in [-0.4, -0.2) is 42.5 Å². The molecule has 8 heteroatoms. The number of rotatable bonds is 3. The van der Waals surface area contributed by atoms with Gasteiger partial charge in [-0.2, -0.15) is 0 Å². The van der Waals surface area contributed by atoms with Gasteiger partial charge in [-0.05, 0) is 0 Å². The molecule has 107 valence electrons. The third kappa shape index (κ3) is 9.81. The smallest absolute Gasteiger partial charge is 0.316 e. The molecule has 0 amide bonds. The van der Waals surface area contributed by atoms with Crippen molar-refractivity contribution < 1.29 is 34.1 Å². The highest BCUT2D eigenvalue weighted by molar-refractivity contribution is 5.94. The summed E-state index contributed by atoms with van der Waals surface area (Å²) in [7, 11) is 0. The number of esters is 2. The average Bonchev–Trinajstić information content (AvgIpc) is 2.43.